The Morgan fingerprint density at radius 1 is 1.22 bits per heavy atom. The predicted octanol–water partition coefficient (Wildman–Crippen LogP) is 3.53. The molecular weight excluding hydrogens is 232 g/mol. The van der Waals surface area contributed by atoms with Gasteiger partial charge in [-0.1, -0.05) is 19.9 Å². The van der Waals surface area contributed by atoms with E-state index < -0.39 is 11.6 Å². The van der Waals surface area contributed by atoms with Crippen LogP contribution in [0.3, 0.4) is 0 Å². The van der Waals surface area contributed by atoms with Crippen molar-refractivity contribution in [3.05, 3.63) is 35.4 Å². The van der Waals surface area contributed by atoms with Crippen molar-refractivity contribution in [2.45, 2.75) is 39.2 Å². The lowest BCUT2D eigenvalue weighted by molar-refractivity contribution is 0.348. The number of halogens is 2. The van der Waals surface area contributed by atoms with E-state index in [1.54, 1.807) is 0 Å². The van der Waals surface area contributed by atoms with Gasteiger partial charge in [-0.15, -0.1) is 0 Å². The molecule has 0 bridgehead atoms. The highest BCUT2D eigenvalue weighted by atomic mass is 19.1. The third kappa shape index (κ3) is 2.72. The third-order valence-corrected chi connectivity index (χ3v) is 4.22. The Morgan fingerprint density at radius 3 is 2.50 bits per heavy atom. The van der Waals surface area contributed by atoms with Crippen molar-refractivity contribution in [2.24, 2.45) is 11.8 Å². The van der Waals surface area contributed by atoms with E-state index in [1.807, 2.05) is 0 Å². The Balaban J connectivity index is 2.06. The molecule has 1 aromatic carbocycles. The lowest BCUT2D eigenvalue weighted by Gasteiger charge is -2.21. The molecule has 0 radical (unpaired) electrons. The second-order valence-electron chi connectivity index (χ2n) is 5.27. The van der Waals surface area contributed by atoms with Crippen LogP contribution < -0.4 is 5.32 Å². The lowest BCUT2D eigenvalue weighted by Crippen LogP contribution is -2.32. The van der Waals surface area contributed by atoms with E-state index >= 15 is 0 Å². The van der Waals surface area contributed by atoms with Crippen LogP contribution in [0.4, 0.5) is 8.78 Å². The van der Waals surface area contributed by atoms with Gasteiger partial charge in [0.15, 0.2) is 0 Å². The van der Waals surface area contributed by atoms with E-state index in [1.165, 1.54) is 18.2 Å². The zero-order chi connectivity index (χ0) is 13.1. The molecule has 1 saturated carbocycles. The molecule has 1 aliphatic rings. The maximum atomic E-state index is 13.6. The summed E-state index contributed by atoms with van der Waals surface area (Å²) >= 11 is 0. The Hall–Kier alpha value is -0.960. The van der Waals surface area contributed by atoms with Crippen molar-refractivity contribution in [3.8, 4) is 0 Å². The minimum Gasteiger partial charge on any atom is -0.314 e. The zero-order valence-corrected chi connectivity index (χ0v) is 11.0. The molecule has 3 heteroatoms. The summed E-state index contributed by atoms with van der Waals surface area (Å²) in [5.74, 6) is 0.0348. The molecular formula is C15H21F2N. The molecule has 0 aromatic heterocycles. The van der Waals surface area contributed by atoms with Crippen LogP contribution >= 0.6 is 0 Å². The molecule has 1 fully saturated rings. The molecule has 2 rings (SSSR count). The summed E-state index contributed by atoms with van der Waals surface area (Å²) in [6.07, 6.45) is 2.67. The van der Waals surface area contributed by atoms with Gasteiger partial charge in [-0.3, -0.25) is 0 Å². The molecule has 0 saturated heterocycles. The van der Waals surface area contributed by atoms with Crippen molar-refractivity contribution < 1.29 is 8.78 Å². The topological polar surface area (TPSA) is 12.0 Å². The van der Waals surface area contributed by atoms with Crippen LogP contribution in [-0.4, -0.2) is 12.6 Å². The highest BCUT2D eigenvalue weighted by Gasteiger charge is 2.33. The molecule has 1 aliphatic carbocycles. The Morgan fingerprint density at radius 2 is 1.89 bits per heavy atom. The monoisotopic (exact) mass is 253 g/mol. The molecule has 1 aromatic rings. The average molecular weight is 253 g/mol. The van der Waals surface area contributed by atoms with Gasteiger partial charge in [-0.2, -0.15) is 0 Å². The van der Waals surface area contributed by atoms with Gasteiger partial charge in [0.05, 0.1) is 0 Å². The summed E-state index contributed by atoms with van der Waals surface area (Å²) in [5, 5.41) is 3.45. The minimum absolute atomic E-state index is 0.256. The van der Waals surface area contributed by atoms with Crippen LogP contribution in [-0.2, 0) is 6.42 Å². The molecule has 3 atom stereocenters. The van der Waals surface area contributed by atoms with Crippen LogP contribution in [0, 0.1) is 23.5 Å². The fraction of sp³-hybridized carbons (Fsp3) is 0.600. The van der Waals surface area contributed by atoms with E-state index in [-0.39, 0.29) is 5.56 Å². The van der Waals surface area contributed by atoms with Gasteiger partial charge >= 0.3 is 0 Å². The van der Waals surface area contributed by atoms with Crippen molar-refractivity contribution in [1.82, 2.24) is 5.32 Å². The van der Waals surface area contributed by atoms with Crippen LogP contribution in [0.25, 0.3) is 0 Å². The highest BCUT2D eigenvalue weighted by molar-refractivity contribution is 5.20. The Labute approximate surface area is 108 Å². The number of hydrogen-bond acceptors (Lipinski definition) is 1. The van der Waals surface area contributed by atoms with E-state index in [0.29, 0.717) is 24.3 Å². The van der Waals surface area contributed by atoms with Gasteiger partial charge in [0.2, 0.25) is 0 Å². The van der Waals surface area contributed by atoms with E-state index in [9.17, 15) is 8.78 Å². The number of nitrogens with one attached hydrogen (secondary N) is 1. The van der Waals surface area contributed by atoms with E-state index in [2.05, 4.69) is 19.2 Å². The number of hydrogen-bond donors (Lipinski definition) is 1. The molecule has 0 heterocycles. The summed E-state index contributed by atoms with van der Waals surface area (Å²) in [6, 6.07) is 4.61. The maximum Gasteiger partial charge on any atom is 0.129 e. The largest absolute Gasteiger partial charge is 0.314 e. The quantitative estimate of drug-likeness (QED) is 0.865. The van der Waals surface area contributed by atoms with Crippen molar-refractivity contribution >= 4 is 0 Å². The van der Waals surface area contributed by atoms with Crippen molar-refractivity contribution in [1.29, 1.82) is 0 Å². The zero-order valence-electron chi connectivity index (χ0n) is 11.0. The summed E-state index contributed by atoms with van der Waals surface area (Å²) < 4.78 is 27.2. The smallest absolute Gasteiger partial charge is 0.129 e. The standard InChI is InChI=1S/C15H21F2N/c1-3-18-15-8-7-11(10(15)2)9-12-13(16)5-4-6-14(12)17/h4-6,10-11,15,18H,3,7-9H2,1-2H3. The fourth-order valence-electron chi connectivity index (χ4n) is 3.08. The molecule has 1 N–H and O–H groups in total. The predicted molar refractivity (Wildman–Crippen MR) is 69.4 cm³/mol. The van der Waals surface area contributed by atoms with Gasteiger partial charge in [0.1, 0.15) is 11.6 Å². The second kappa shape index (κ2) is 5.79. The second-order valence-corrected chi connectivity index (χ2v) is 5.27. The van der Waals surface area contributed by atoms with Crippen molar-refractivity contribution in [3.63, 3.8) is 0 Å². The van der Waals surface area contributed by atoms with E-state index in [0.717, 1.165) is 19.4 Å². The molecule has 3 unspecified atom stereocenters. The number of rotatable bonds is 4. The molecule has 18 heavy (non-hydrogen) atoms. The van der Waals surface area contributed by atoms with Gasteiger partial charge in [0.25, 0.3) is 0 Å². The van der Waals surface area contributed by atoms with Crippen LogP contribution in [0.2, 0.25) is 0 Å². The first-order chi connectivity index (χ1) is 8.63. The van der Waals surface area contributed by atoms with Gasteiger partial charge < -0.3 is 5.32 Å². The highest BCUT2D eigenvalue weighted by Crippen LogP contribution is 2.35. The van der Waals surface area contributed by atoms with Gasteiger partial charge in [0, 0.05) is 11.6 Å². The normalized spacial score (nSPS) is 27.7. The van der Waals surface area contributed by atoms with Gasteiger partial charge in [-0.25, -0.2) is 8.78 Å². The third-order valence-electron chi connectivity index (χ3n) is 4.22. The molecule has 0 amide bonds. The SMILES string of the molecule is CCNC1CCC(Cc2c(F)cccc2F)C1C. The summed E-state index contributed by atoms with van der Waals surface area (Å²) in [5.41, 5.74) is 0.256. The maximum absolute atomic E-state index is 13.6. The van der Waals surface area contributed by atoms with Crippen LogP contribution in [0.5, 0.6) is 0 Å². The first-order valence-electron chi connectivity index (χ1n) is 6.79. The first-order valence-corrected chi connectivity index (χ1v) is 6.79. The molecule has 0 spiro atoms. The molecule has 0 aliphatic heterocycles. The molecule has 100 valence electrons. The Kier molecular flexibility index (Phi) is 4.33. The average Bonchev–Trinajstić information content (AvgIpc) is 2.67. The summed E-state index contributed by atoms with van der Waals surface area (Å²) in [7, 11) is 0. The van der Waals surface area contributed by atoms with Gasteiger partial charge in [-0.05, 0) is 49.8 Å². The van der Waals surface area contributed by atoms with Crippen LogP contribution in [0.1, 0.15) is 32.3 Å². The molecule has 1 nitrogen and oxygen atoms in total. The van der Waals surface area contributed by atoms with E-state index in [4.69, 9.17) is 0 Å². The first kappa shape index (κ1) is 13.5. The summed E-state index contributed by atoms with van der Waals surface area (Å²) in [4.78, 5) is 0. The Bertz CT molecular complexity index is 385. The van der Waals surface area contributed by atoms with Crippen LogP contribution in [0.15, 0.2) is 18.2 Å². The fourth-order valence-corrected chi connectivity index (χ4v) is 3.08. The lowest BCUT2D eigenvalue weighted by atomic mass is 9.89. The minimum atomic E-state index is -0.408. The summed E-state index contributed by atoms with van der Waals surface area (Å²) in [6.45, 7) is 5.23. The van der Waals surface area contributed by atoms with Crippen molar-refractivity contribution in [2.75, 3.05) is 6.54 Å². The number of benzene rings is 1.